The van der Waals surface area contributed by atoms with Crippen LogP contribution >= 0.6 is 11.6 Å². The normalized spacial score (nSPS) is 16.4. The second kappa shape index (κ2) is 8.65. The molecule has 1 N–H and O–H groups in total. The van der Waals surface area contributed by atoms with Gasteiger partial charge in [0, 0.05) is 48.1 Å². The van der Waals surface area contributed by atoms with Crippen molar-refractivity contribution in [3.8, 4) is 0 Å². The number of carbonyl (C=O) groups is 2. The van der Waals surface area contributed by atoms with Gasteiger partial charge in [0.25, 0.3) is 0 Å². The monoisotopic (exact) mass is 399 g/mol. The molecule has 0 bridgehead atoms. The predicted octanol–water partition coefficient (Wildman–Crippen LogP) is 4.49. The molecule has 0 saturated carbocycles. The van der Waals surface area contributed by atoms with Gasteiger partial charge in [-0.15, -0.1) is 0 Å². The first-order valence-corrected chi connectivity index (χ1v) is 10.0. The summed E-state index contributed by atoms with van der Waals surface area (Å²) < 4.78 is 0. The number of benzene rings is 2. The lowest BCUT2D eigenvalue weighted by atomic mass is 10.1. The number of hydrogen-bond donors (Lipinski definition) is 1. The van der Waals surface area contributed by atoms with E-state index in [0.717, 1.165) is 35.7 Å². The van der Waals surface area contributed by atoms with Gasteiger partial charge in [-0.25, -0.2) is 0 Å². The lowest BCUT2D eigenvalue weighted by Gasteiger charge is -2.21. The molecule has 0 radical (unpaired) electrons. The minimum Gasteiger partial charge on any atom is -0.372 e. The highest BCUT2D eigenvalue weighted by molar-refractivity contribution is 6.31. The van der Waals surface area contributed by atoms with Crippen LogP contribution in [0.2, 0.25) is 5.02 Å². The van der Waals surface area contributed by atoms with E-state index >= 15 is 0 Å². The number of aryl methyl sites for hydroxylation is 1. The second-order valence-electron chi connectivity index (χ2n) is 7.04. The highest BCUT2D eigenvalue weighted by Gasteiger charge is 2.35. The van der Waals surface area contributed by atoms with E-state index < -0.39 is 0 Å². The summed E-state index contributed by atoms with van der Waals surface area (Å²) >= 11 is 6.08. The third kappa shape index (κ3) is 4.30. The molecule has 1 heterocycles. The number of hydrogen-bond acceptors (Lipinski definition) is 3. The fourth-order valence-electron chi connectivity index (χ4n) is 3.58. The summed E-state index contributed by atoms with van der Waals surface area (Å²) in [6.07, 6.45) is 0.204. The zero-order chi connectivity index (χ0) is 20.3. The number of halogens is 1. The van der Waals surface area contributed by atoms with Crippen molar-refractivity contribution in [1.82, 2.24) is 0 Å². The fourth-order valence-corrected chi connectivity index (χ4v) is 3.74. The molecular weight excluding hydrogens is 374 g/mol. The number of carbonyl (C=O) groups excluding carboxylic acids is 2. The van der Waals surface area contributed by atoms with E-state index in [1.165, 1.54) is 0 Å². The van der Waals surface area contributed by atoms with E-state index in [2.05, 4.69) is 24.1 Å². The Morgan fingerprint density at radius 2 is 1.86 bits per heavy atom. The van der Waals surface area contributed by atoms with Crippen LogP contribution in [0.15, 0.2) is 42.5 Å². The highest BCUT2D eigenvalue weighted by Crippen LogP contribution is 2.30. The van der Waals surface area contributed by atoms with Gasteiger partial charge in [0.2, 0.25) is 11.8 Å². The molecule has 2 amide bonds. The number of amides is 2. The van der Waals surface area contributed by atoms with Gasteiger partial charge in [-0.1, -0.05) is 17.7 Å². The summed E-state index contributed by atoms with van der Waals surface area (Å²) in [5.41, 5.74) is 3.61. The Balaban J connectivity index is 1.67. The molecule has 1 unspecified atom stereocenters. The van der Waals surface area contributed by atoms with Crippen LogP contribution in [0.4, 0.5) is 17.1 Å². The van der Waals surface area contributed by atoms with Gasteiger partial charge in [0.05, 0.1) is 5.92 Å². The smallest absolute Gasteiger partial charge is 0.229 e. The molecule has 1 aliphatic heterocycles. The largest absolute Gasteiger partial charge is 0.372 e. The van der Waals surface area contributed by atoms with Crippen LogP contribution in [0, 0.1) is 12.8 Å². The summed E-state index contributed by atoms with van der Waals surface area (Å²) in [5, 5.41) is 3.52. The maximum Gasteiger partial charge on any atom is 0.229 e. The summed E-state index contributed by atoms with van der Waals surface area (Å²) in [7, 11) is 0. The van der Waals surface area contributed by atoms with Crippen LogP contribution in [-0.2, 0) is 9.59 Å². The van der Waals surface area contributed by atoms with Crippen molar-refractivity contribution >= 4 is 40.5 Å². The van der Waals surface area contributed by atoms with Crippen LogP contribution in [0.3, 0.4) is 0 Å². The Kier molecular flexibility index (Phi) is 6.25. The SMILES string of the molecule is CCN(CC)c1ccc(NC(=O)C2CC(=O)N(c3cc(Cl)ccc3C)C2)cc1. The van der Waals surface area contributed by atoms with Crippen LogP contribution < -0.4 is 15.1 Å². The van der Waals surface area contributed by atoms with Crippen molar-refractivity contribution in [1.29, 1.82) is 0 Å². The molecule has 1 saturated heterocycles. The molecule has 1 aliphatic rings. The maximum absolute atomic E-state index is 12.7. The van der Waals surface area contributed by atoms with Crippen LogP contribution in [0.25, 0.3) is 0 Å². The lowest BCUT2D eigenvalue weighted by molar-refractivity contribution is -0.122. The van der Waals surface area contributed by atoms with Gasteiger partial charge in [-0.3, -0.25) is 9.59 Å². The number of rotatable bonds is 6. The Hall–Kier alpha value is -2.53. The molecule has 148 valence electrons. The molecule has 0 spiro atoms. The molecule has 0 aliphatic carbocycles. The summed E-state index contributed by atoms with van der Waals surface area (Å²) in [6, 6.07) is 13.3. The zero-order valence-corrected chi connectivity index (χ0v) is 17.3. The molecule has 3 rings (SSSR count). The van der Waals surface area contributed by atoms with E-state index in [1.807, 2.05) is 37.3 Å². The Bertz CT molecular complexity index is 863. The highest BCUT2D eigenvalue weighted by atomic mass is 35.5. The lowest BCUT2D eigenvalue weighted by Crippen LogP contribution is -2.28. The van der Waals surface area contributed by atoms with Crippen LogP contribution in [-0.4, -0.2) is 31.4 Å². The van der Waals surface area contributed by atoms with Crippen LogP contribution in [0.1, 0.15) is 25.8 Å². The number of nitrogens with one attached hydrogen (secondary N) is 1. The van der Waals surface area contributed by atoms with Crippen molar-refractivity contribution in [3.05, 3.63) is 53.1 Å². The first-order chi connectivity index (χ1) is 13.4. The molecule has 6 heteroatoms. The molecule has 5 nitrogen and oxygen atoms in total. The number of nitrogens with zero attached hydrogens (tertiary/aromatic N) is 2. The zero-order valence-electron chi connectivity index (χ0n) is 16.5. The van der Waals surface area contributed by atoms with E-state index in [9.17, 15) is 9.59 Å². The minimum atomic E-state index is -0.381. The van der Waals surface area contributed by atoms with Crippen molar-refractivity contribution in [2.24, 2.45) is 5.92 Å². The molecule has 1 fully saturated rings. The van der Waals surface area contributed by atoms with Gasteiger partial charge in [-0.05, 0) is 62.7 Å². The topological polar surface area (TPSA) is 52.7 Å². The predicted molar refractivity (Wildman–Crippen MR) is 115 cm³/mol. The summed E-state index contributed by atoms with van der Waals surface area (Å²) in [6.45, 7) is 8.40. The average molecular weight is 400 g/mol. The Morgan fingerprint density at radius 3 is 2.50 bits per heavy atom. The van der Waals surface area contributed by atoms with E-state index in [0.29, 0.717) is 11.6 Å². The van der Waals surface area contributed by atoms with Gasteiger partial charge in [0.1, 0.15) is 0 Å². The second-order valence-corrected chi connectivity index (χ2v) is 7.48. The van der Waals surface area contributed by atoms with E-state index in [4.69, 9.17) is 11.6 Å². The van der Waals surface area contributed by atoms with Crippen molar-refractivity contribution in [3.63, 3.8) is 0 Å². The molecule has 1 atom stereocenters. The van der Waals surface area contributed by atoms with Crippen molar-refractivity contribution in [2.45, 2.75) is 27.2 Å². The molecule has 0 aromatic heterocycles. The third-order valence-electron chi connectivity index (χ3n) is 5.22. The first-order valence-electron chi connectivity index (χ1n) is 9.65. The third-order valence-corrected chi connectivity index (χ3v) is 5.46. The standard InChI is InChI=1S/C22H26ClN3O2/c1-4-25(5-2)19-10-8-18(9-11-19)24-22(28)16-12-21(27)26(14-16)20-13-17(23)7-6-15(20)3/h6-11,13,16H,4-5,12,14H2,1-3H3,(H,24,28). The van der Waals surface area contributed by atoms with Gasteiger partial charge in [0.15, 0.2) is 0 Å². The van der Waals surface area contributed by atoms with E-state index in [1.54, 1.807) is 17.0 Å². The Labute approximate surface area is 171 Å². The number of anilines is 3. The average Bonchev–Trinajstić information content (AvgIpc) is 3.07. The first kappa shape index (κ1) is 20.2. The molecule has 2 aromatic carbocycles. The Morgan fingerprint density at radius 1 is 1.18 bits per heavy atom. The minimum absolute atomic E-state index is 0.0533. The van der Waals surface area contributed by atoms with Crippen LogP contribution in [0.5, 0.6) is 0 Å². The maximum atomic E-state index is 12.7. The fraction of sp³-hybridized carbons (Fsp3) is 0.364. The van der Waals surface area contributed by atoms with Crippen molar-refractivity contribution < 1.29 is 9.59 Å². The molecule has 28 heavy (non-hydrogen) atoms. The molecule has 2 aromatic rings. The van der Waals surface area contributed by atoms with E-state index in [-0.39, 0.29) is 24.2 Å². The van der Waals surface area contributed by atoms with Gasteiger partial charge in [-0.2, -0.15) is 0 Å². The molecular formula is C22H26ClN3O2. The summed E-state index contributed by atoms with van der Waals surface area (Å²) in [4.78, 5) is 29.1. The van der Waals surface area contributed by atoms with Gasteiger partial charge < -0.3 is 15.1 Å². The van der Waals surface area contributed by atoms with Crippen molar-refractivity contribution in [2.75, 3.05) is 34.8 Å². The quantitative estimate of drug-likeness (QED) is 0.778. The summed E-state index contributed by atoms with van der Waals surface area (Å²) in [5.74, 6) is -0.568. The van der Waals surface area contributed by atoms with Gasteiger partial charge >= 0.3 is 0 Å².